The molecule has 7 heteroatoms. The Morgan fingerprint density at radius 3 is 2.52 bits per heavy atom. The van der Waals surface area contributed by atoms with Crippen LogP contribution in [0.1, 0.15) is 27.2 Å². The second-order valence-electron chi connectivity index (χ2n) is 5.99. The minimum absolute atomic E-state index is 0.284. The number of aliphatic hydroxyl groups excluding tert-OH is 1. The SMILES string of the molecule is C=CC[C@]1(F)[C@H](O)CN(C(=O)OC(C)(C)C)[C@@H]1C(=O)OC. The summed E-state index contributed by atoms with van der Waals surface area (Å²) in [5, 5.41) is 9.93. The maximum Gasteiger partial charge on any atom is 0.411 e. The molecule has 1 amide bonds. The van der Waals surface area contributed by atoms with E-state index in [0.29, 0.717) is 0 Å². The van der Waals surface area contributed by atoms with Crippen LogP contribution in [-0.2, 0) is 14.3 Å². The van der Waals surface area contributed by atoms with Crippen LogP contribution < -0.4 is 0 Å². The Hall–Kier alpha value is -1.63. The quantitative estimate of drug-likeness (QED) is 0.630. The highest BCUT2D eigenvalue weighted by Gasteiger charge is 2.60. The summed E-state index contributed by atoms with van der Waals surface area (Å²) in [6, 6.07) is -1.56. The number of allylic oxidation sites excluding steroid dienone is 1. The van der Waals surface area contributed by atoms with E-state index in [-0.39, 0.29) is 13.0 Å². The van der Waals surface area contributed by atoms with Gasteiger partial charge in [-0.1, -0.05) is 6.08 Å². The molecule has 0 aromatic carbocycles. The maximum absolute atomic E-state index is 15.0. The Balaban J connectivity index is 3.11. The molecule has 1 N–H and O–H groups in total. The molecule has 120 valence electrons. The van der Waals surface area contributed by atoms with Crippen molar-refractivity contribution in [2.45, 2.75) is 50.6 Å². The molecule has 0 aromatic rings. The van der Waals surface area contributed by atoms with Crippen LogP contribution in [0.15, 0.2) is 12.7 Å². The third kappa shape index (κ3) is 3.53. The predicted molar refractivity (Wildman–Crippen MR) is 73.4 cm³/mol. The Morgan fingerprint density at radius 2 is 2.10 bits per heavy atom. The number of rotatable bonds is 3. The maximum atomic E-state index is 15.0. The van der Waals surface area contributed by atoms with Crippen LogP contribution >= 0.6 is 0 Å². The van der Waals surface area contributed by atoms with Gasteiger partial charge in [0.1, 0.15) is 11.7 Å². The summed E-state index contributed by atoms with van der Waals surface area (Å²) in [4.78, 5) is 24.9. The van der Waals surface area contributed by atoms with E-state index in [1.165, 1.54) is 6.08 Å². The highest BCUT2D eigenvalue weighted by Crippen LogP contribution is 2.37. The topological polar surface area (TPSA) is 76.1 Å². The number of hydrogen-bond acceptors (Lipinski definition) is 5. The number of halogens is 1. The predicted octanol–water partition coefficient (Wildman–Crippen LogP) is 1.42. The van der Waals surface area contributed by atoms with Gasteiger partial charge >= 0.3 is 12.1 Å². The van der Waals surface area contributed by atoms with E-state index in [1.807, 2.05) is 0 Å². The number of carbonyl (C=O) groups excluding carboxylic acids is 2. The van der Waals surface area contributed by atoms with E-state index in [4.69, 9.17) is 4.74 Å². The van der Waals surface area contributed by atoms with Crippen LogP contribution in [0, 0.1) is 0 Å². The minimum atomic E-state index is -2.34. The van der Waals surface area contributed by atoms with Gasteiger partial charge in [-0.3, -0.25) is 4.90 Å². The number of alkyl halides is 1. The summed E-state index contributed by atoms with van der Waals surface area (Å²) >= 11 is 0. The second-order valence-corrected chi connectivity index (χ2v) is 5.99. The second kappa shape index (κ2) is 6.01. The van der Waals surface area contributed by atoms with Crippen molar-refractivity contribution < 1.29 is 28.6 Å². The van der Waals surface area contributed by atoms with E-state index in [1.54, 1.807) is 20.8 Å². The van der Waals surface area contributed by atoms with E-state index in [0.717, 1.165) is 12.0 Å². The summed E-state index contributed by atoms with van der Waals surface area (Å²) in [7, 11) is 1.09. The molecular weight excluding hydrogens is 281 g/mol. The molecule has 0 spiro atoms. The Labute approximate surface area is 123 Å². The van der Waals surface area contributed by atoms with Gasteiger partial charge in [0.2, 0.25) is 0 Å². The first-order valence-corrected chi connectivity index (χ1v) is 6.62. The highest BCUT2D eigenvalue weighted by molar-refractivity contribution is 5.84. The van der Waals surface area contributed by atoms with Crippen molar-refractivity contribution in [3.8, 4) is 0 Å². The van der Waals surface area contributed by atoms with Gasteiger partial charge in [-0.05, 0) is 20.8 Å². The van der Waals surface area contributed by atoms with Crippen molar-refractivity contribution in [1.82, 2.24) is 4.90 Å². The fraction of sp³-hybridized carbons (Fsp3) is 0.714. The van der Waals surface area contributed by atoms with Gasteiger partial charge in [0, 0.05) is 6.42 Å². The summed E-state index contributed by atoms with van der Waals surface area (Å²) < 4.78 is 24.7. The molecule has 3 atom stereocenters. The third-order valence-electron chi connectivity index (χ3n) is 3.20. The number of esters is 1. The lowest BCUT2D eigenvalue weighted by molar-refractivity contribution is -0.151. The molecule has 0 radical (unpaired) electrons. The molecule has 1 fully saturated rings. The molecule has 1 saturated heterocycles. The standard InChI is InChI=1S/C14H22FNO5/c1-6-7-14(15)9(17)8-16(10(14)11(18)20-5)12(19)21-13(2,3)4/h6,9-10,17H,1,7-8H2,2-5H3/t9-,10-,14+/m1/s1. The number of hydrogen-bond donors (Lipinski definition) is 1. The molecule has 0 bridgehead atoms. The van der Waals surface area contributed by atoms with Gasteiger partial charge in [0.25, 0.3) is 0 Å². The van der Waals surface area contributed by atoms with Gasteiger partial charge in [0.15, 0.2) is 11.7 Å². The van der Waals surface area contributed by atoms with Crippen molar-refractivity contribution in [1.29, 1.82) is 0 Å². The number of ether oxygens (including phenoxy) is 2. The van der Waals surface area contributed by atoms with E-state index in [2.05, 4.69) is 11.3 Å². The normalized spacial score (nSPS) is 29.1. The molecule has 21 heavy (non-hydrogen) atoms. The summed E-state index contributed by atoms with van der Waals surface area (Å²) in [6.45, 7) is 8.02. The van der Waals surface area contributed by atoms with E-state index in [9.17, 15) is 19.1 Å². The molecule has 0 aliphatic carbocycles. The number of likely N-dealkylation sites (tertiary alicyclic amines) is 1. The Bertz CT molecular complexity index is 434. The molecule has 1 heterocycles. The molecule has 1 aliphatic heterocycles. The molecule has 0 unspecified atom stereocenters. The van der Waals surface area contributed by atoms with E-state index < -0.39 is 35.5 Å². The van der Waals surface area contributed by atoms with Gasteiger partial charge < -0.3 is 14.6 Å². The van der Waals surface area contributed by atoms with Gasteiger partial charge in [-0.2, -0.15) is 0 Å². The lowest BCUT2D eigenvalue weighted by Crippen LogP contribution is -2.52. The van der Waals surface area contributed by atoms with Crippen LogP contribution in [0.5, 0.6) is 0 Å². The first-order chi connectivity index (χ1) is 9.56. The van der Waals surface area contributed by atoms with Gasteiger partial charge in [-0.25, -0.2) is 14.0 Å². The average Bonchev–Trinajstić information content (AvgIpc) is 2.60. The highest BCUT2D eigenvalue weighted by atomic mass is 19.1. The first kappa shape index (κ1) is 17.4. The molecule has 0 saturated carbocycles. The van der Waals surface area contributed by atoms with Gasteiger partial charge in [-0.15, -0.1) is 6.58 Å². The number of amides is 1. The molecular formula is C14H22FNO5. The van der Waals surface area contributed by atoms with Gasteiger partial charge in [0.05, 0.1) is 13.7 Å². The van der Waals surface area contributed by atoms with E-state index >= 15 is 0 Å². The fourth-order valence-corrected chi connectivity index (χ4v) is 2.29. The van der Waals surface area contributed by atoms with Crippen LogP contribution in [-0.4, -0.2) is 59.1 Å². The number of methoxy groups -OCH3 is 1. The van der Waals surface area contributed by atoms with Crippen LogP contribution in [0.3, 0.4) is 0 Å². The lowest BCUT2D eigenvalue weighted by atomic mass is 9.90. The van der Waals surface area contributed by atoms with Crippen molar-refractivity contribution in [3.05, 3.63) is 12.7 Å². The zero-order valence-corrected chi connectivity index (χ0v) is 12.8. The van der Waals surface area contributed by atoms with Crippen molar-refractivity contribution in [2.75, 3.05) is 13.7 Å². The lowest BCUT2D eigenvalue weighted by Gasteiger charge is -2.31. The zero-order chi connectivity index (χ0) is 16.4. The largest absolute Gasteiger partial charge is 0.467 e. The smallest absolute Gasteiger partial charge is 0.411 e. The minimum Gasteiger partial charge on any atom is -0.467 e. The fourth-order valence-electron chi connectivity index (χ4n) is 2.29. The molecule has 0 aromatic heterocycles. The molecule has 6 nitrogen and oxygen atoms in total. The summed E-state index contributed by atoms with van der Waals surface area (Å²) in [5.41, 5.74) is -3.14. The monoisotopic (exact) mass is 303 g/mol. The van der Waals surface area contributed by atoms with Crippen molar-refractivity contribution in [2.24, 2.45) is 0 Å². The molecule has 1 aliphatic rings. The average molecular weight is 303 g/mol. The number of nitrogens with zero attached hydrogens (tertiary/aromatic N) is 1. The zero-order valence-electron chi connectivity index (χ0n) is 12.8. The first-order valence-electron chi connectivity index (χ1n) is 6.62. The summed E-state index contributed by atoms with van der Waals surface area (Å²) in [6.07, 6.45) is -1.43. The third-order valence-corrected chi connectivity index (χ3v) is 3.20. The number of aliphatic hydroxyl groups is 1. The van der Waals surface area contributed by atoms with Crippen LogP contribution in [0.2, 0.25) is 0 Å². The van der Waals surface area contributed by atoms with Crippen molar-refractivity contribution in [3.63, 3.8) is 0 Å². The Kier molecular flexibility index (Phi) is 4.99. The number of β-amino-alcohol motifs (C(OH)–C–C–N with tert-alkyl or cyclic N) is 1. The van der Waals surface area contributed by atoms with Crippen molar-refractivity contribution >= 4 is 12.1 Å². The van der Waals surface area contributed by atoms with Crippen LogP contribution in [0.4, 0.5) is 9.18 Å². The summed E-state index contributed by atoms with van der Waals surface area (Å²) in [5.74, 6) is -0.943. The number of carbonyl (C=O) groups is 2. The molecule has 1 rings (SSSR count). The Morgan fingerprint density at radius 1 is 1.52 bits per heavy atom. The van der Waals surface area contributed by atoms with Crippen LogP contribution in [0.25, 0.3) is 0 Å².